The number of para-hydroxylation sites is 1. The maximum Gasteiger partial charge on any atom is 0.257 e. The monoisotopic (exact) mass is 374 g/mol. The molecular weight excluding hydrogens is 352 g/mol. The highest BCUT2D eigenvalue weighted by Gasteiger charge is 2.31. The molecule has 1 N–H and O–H groups in total. The van der Waals surface area contributed by atoms with Gasteiger partial charge in [0.15, 0.2) is 0 Å². The summed E-state index contributed by atoms with van der Waals surface area (Å²) in [4.78, 5) is 14.4. The predicted octanol–water partition coefficient (Wildman–Crippen LogP) is 2.16. The van der Waals surface area contributed by atoms with Crippen LogP contribution in [0.4, 0.5) is 0 Å². The minimum atomic E-state index is -3.58. The predicted molar refractivity (Wildman–Crippen MR) is 98.7 cm³/mol. The van der Waals surface area contributed by atoms with Crippen LogP contribution in [0, 0.1) is 13.8 Å². The maximum absolute atomic E-state index is 12.8. The van der Waals surface area contributed by atoms with E-state index >= 15 is 0 Å². The Morgan fingerprint density at radius 2 is 1.62 bits per heavy atom. The van der Waals surface area contributed by atoms with Gasteiger partial charge >= 0.3 is 0 Å². The number of aromatic hydroxyl groups is 1. The molecule has 1 saturated heterocycles. The average molecular weight is 374 g/mol. The first-order chi connectivity index (χ1) is 12.3. The van der Waals surface area contributed by atoms with Gasteiger partial charge in [0.05, 0.1) is 10.5 Å². The lowest BCUT2D eigenvalue weighted by atomic mass is 10.1. The normalized spacial score (nSPS) is 15.8. The molecule has 1 aliphatic heterocycles. The van der Waals surface area contributed by atoms with E-state index < -0.39 is 10.0 Å². The number of aryl methyl sites for hydroxylation is 2. The zero-order valence-corrected chi connectivity index (χ0v) is 15.7. The Balaban J connectivity index is 1.72. The second kappa shape index (κ2) is 7.09. The number of nitrogens with zero attached hydrogens (tertiary/aromatic N) is 2. The molecule has 1 fully saturated rings. The number of carbonyl (C=O) groups excluding carboxylic acids is 1. The second-order valence-electron chi connectivity index (χ2n) is 6.46. The minimum absolute atomic E-state index is 0.0670. The highest BCUT2D eigenvalue weighted by atomic mass is 32.2. The zero-order valence-electron chi connectivity index (χ0n) is 14.8. The SMILES string of the molecule is Cc1ccc(S(=O)(=O)N2CCN(C(=O)c3ccccc3O)CC2)cc1C. The summed E-state index contributed by atoms with van der Waals surface area (Å²) >= 11 is 0. The highest BCUT2D eigenvalue weighted by molar-refractivity contribution is 7.89. The Bertz CT molecular complexity index is 932. The molecule has 0 bridgehead atoms. The van der Waals surface area contributed by atoms with Gasteiger partial charge in [0.2, 0.25) is 10.0 Å². The zero-order chi connectivity index (χ0) is 18.9. The quantitative estimate of drug-likeness (QED) is 0.893. The fraction of sp³-hybridized carbons (Fsp3) is 0.316. The molecule has 2 aromatic carbocycles. The van der Waals surface area contributed by atoms with E-state index in [4.69, 9.17) is 0 Å². The van der Waals surface area contributed by atoms with Crippen LogP contribution in [0.1, 0.15) is 21.5 Å². The van der Waals surface area contributed by atoms with Crippen LogP contribution in [0.3, 0.4) is 0 Å². The number of piperazine rings is 1. The number of carbonyl (C=O) groups is 1. The Labute approximate surface area is 153 Å². The molecule has 0 aromatic heterocycles. The van der Waals surface area contributed by atoms with Crippen molar-refractivity contribution in [2.45, 2.75) is 18.7 Å². The van der Waals surface area contributed by atoms with Gasteiger partial charge in [-0.25, -0.2) is 8.42 Å². The van der Waals surface area contributed by atoms with E-state index in [2.05, 4.69) is 0 Å². The van der Waals surface area contributed by atoms with Crippen molar-refractivity contribution in [1.29, 1.82) is 0 Å². The molecule has 1 heterocycles. The van der Waals surface area contributed by atoms with Crippen LogP contribution in [-0.2, 0) is 10.0 Å². The van der Waals surface area contributed by atoms with Gasteiger partial charge in [-0.1, -0.05) is 18.2 Å². The topological polar surface area (TPSA) is 77.9 Å². The molecule has 6 nitrogen and oxygen atoms in total. The van der Waals surface area contributed by atoms with Crippen molar-refractivity contribution < 1.29 is 18.3 Å². The summed E-state index contributed by atoms with van der Waals surface area (Å²) in [6.07, 6.45) is 0. The Morgan fingerprint density at radius 3 is 2.23 bits per heavy atom. The molecule has 0 spiro atoms. The maximum atomic E-state index is 12.8. The van der Waals surface area contributed by atoms with Crippen molar-refractivity contribution in [1.82, 2.24) is 9.21 Å². The molecule has 2 aromatic rings. The van der Waals surface area contributed by atoms with Crippen molar-refractivity contribution in [2.24, 2.45) is 0 Å². The summed E-state index contributed by atoms with van der Waals surface area (Å²) < 4.78 is 27.1. The molecule has 7 heteroatoms. The first kappa shape index (κ1) is 18.4. The van der Waals surface area contributed by atoms with E-state index in [1.165, 1.54) is 10.4 Å². The van der Waals surface area contributed by atoms with Gasteiger partial charge in [0.25, 0.3) is 5.91 Å². The van der Waals surface area contributed by atoms with Crippen LogP contribution < -0.4 is 0 Å². The van der Waals surface area contributed by atoms with E-state index in [-0.39, 0.29) is 48.3 Å². The molecule has 138 valence electrons. The third kappa shape index (κ3) is 3.45. The van der Waals surface area contributed by atoms with Crippen LogP contribution in [-0.4, -0.2) is 54.8 Å². The van der Waals surface area contributed by atoms with Crippen molar-refractivity contribution in [3.63, 3.8) is 0 Å². The Kier molecular flexibility index (Phi) is 5.02. The van der Waals surface area contributed by atoms with Crippen molar-refractivity contribution in [3.05, 3.63) is 59.2 Å². The lowest BCUT2D eigenvalue weighted by Gasteiger charge is -2.34. The van der Waals surface area contributed by atoms with E-state index in [1.807, 2.05) is 13.8 Å². The minimum Gasteiger partial charge on any atom is -0.507 e. The molecule has 3 rings (SSSR count). The first-order valence-corrected chi connectivity index (χ1v) is 9.89. The van der Waals surface area contributed by atoms with Crippen molar-refractivity contribution in [3.8, 4) is 5.75 Å². The lowest BCUT2D eigenvalue weighted by Crippen LogP contribution is -2.50. The van der Waals surface area contributed by atoms with Gasteiger partial charge in [0, 0.05) is 26.2 Å². The van der Waals surface area contributed by atoms with Gasteiger partial charge in [-0.15, -0.1) is 0 Å². The third-order valence-corrected chi connectivity index (χ3v) is 6.67. The van der Waals surface area contributed by atoms with Gasteiger partial charge in [-0.05, 0) is 49.2 Å². The largest absolute Gasteiger partial charge is 0.507 e. The molecule has 0 aliphatic carbocycles. The smallest absolute Gasteiger partial charge is 0.257 e. The fourth-order valence-corrected chi connectivity index (χ4v) is 4.49. The van der Waals surface area contributed by atoms with E-state index in [1.54, 1.807) is 41.3 Å². The molecule has 0 unspecified atom stereocenters. The molecule has 0 atom stereocenters. The summed E-state index contributed by atoms with van der Waals surface area (Å²) in [5.41, 5.74) is 2.21. The number of phenols is 1. The average Bonchev–Trinajstić information content (AvgIpc) is 2.64. The van der Waals surface area contributed by atoms with Gasteiger partial charge < -0.3 is 10.0 Å². The summed E-state index contributed by atoms with van der Waals surface area (Å²) in [5.74, 6) is -0.353. The van der Waals surface area contributed by atoms with Crippen LogP contribution in [0.2, 0.25) is 0 Å². The van der Waals surface area contributed by atoms with Crippen molar-refractivity contribution in [2.75, 3.05) is 26.2 Å². The summed E-state index contributed by atoms with van der Waals surface area (Å²) in [5, 5.41) is 9.84. The standard InChI is InChI=1S/C19H22N2O4S/c1-14-7-8-16(13-15(14)2)26(24,25)21-11-9-20(10-12-21)19(23)17-5-3-4-6-18(17)22/h3-8,13,22H,9-12H2,1-2H3. The summed E-state index contributed by atoms with van der Waals surface area (Å²) in [7, 11) is -3.58. The lowest BCUT2D eigenvalue weighted by molar-refractivity contribution is 0.0695. The van der Waals surface area contributed by atoms with E-state index in [0.717, 1.165) is 11.1 Å². The number of hydrogen-bond acceptors (Lipinski definition) is 4. The number of rotatable bonds is 3. The van der Waals surface area contributed by atoms with Crippen LogP contribution in [0.5, 0.6) is 5.75 Å². The van der Waals surface area contributed by atoms with Crippen LogP contribution in [0.25, 0.3) is 0 Å². The van der Waals surface area contributed by atoms with Crippen LogP contribution in [0.15, 0.2) is 47.4 Å². The Morgan fingerprint density at radius 1 is 0.962 bits per heavy atom. The number of hydrogen-bond donors (Lipinski definition) is 1. The van der Waals surface area contributed by atoms with Gasteiger partial charge in [-0.2, -0.15) is 4.31 Å². The summed E-state index contributed by atoms with van der Waals surface area (Å²) in [6.45, 7) is 4.87. The molecule has 1 aliphatic rings. The number of sulfonamides is 1. The van der Waals surface area contributed by atoms with Crippen LogP contribution >= 0.6 is 0 Å². The number of phenolic OH excluding ortho intramolecular Hbond substituents is 1. The van der Waals surface area contributed by atoms with Gasteiger partial charge in [-0.3, -0.25) is 4.79 Å². The third-order valence-electron chi connectivity index (χ3n) is 4.78. The molecule has 0 radical (unpaired) electrons. The highest BCUT2D eigenvalue weighted by Crippen LogP contribution is 2.22. The fourth-order valence-electron chi connectivity index (χ4n) is 2.98. The molecule has 26 heavy (non-hydrogen) atoms. The van der Waals surface area contributed by atoms with E-state index in [9.17, 15) is 18.3 Å². The number of benzene rings is 2. The van der Waals surface area contributed by atoms with Crippen molar-refractivity contribution >= 4 is 15.9 Å². The molecule has 1 amide bonds. The molecule has 0 saturated carbocycles. The number of amides is 1. The second-order valence-corrected chi connectivity index (χ2v) is 8.40. The molecular formula is C19H22N2O4S. The Hall–Kier alpha value is -2.38. The van der Waals surface area contributed by atoms with E-state index in [0.29, 0.717) is 0 Å². The summed E-state index contributed by atoms with van der Waals surface area (Å²) in [6, 6.07) is 11.5. The van der Waals surface area contributed by atoms with Gasteiger partial charge in [0.1, 0.15) is 5.75 Å². The first-order valence-electron chi connectivity index (χ1n) is 8.45.